The number of para-hydroxylation sites is 1. The van der Waals surface area contributed by atoms with Gasteiger partial charge in [0.2, 0.25) is 17.6 Å². The second-order valence-electron chi connectivity index (χ2n) is 8.24. The summed E-state index contributed by atoms with van der Waals surface area (Å²) in [5.74, 6) is 3.25. The molecule has 168 valence electrons. The van der Waals surface area contributed by atoms with Gasteiger partial charge in [0.15, 0.2) is 4.34 Å². The van der Waals surface area contributed by atoms with E-state index in [2.05, 4.69) is 31.1 Å². The van der Waals surface area contributed by atoms with Gasteiger partial charge in [-0.25, -0.2) is 9.97 Å². The Morgan fingerprint density at radius 3 is 2.70 bits per heavy atom. The molecular weight excluding hydrogens is 456 g/mol. The molecule has 10 heteroatoms. The molecule has 0 unspecified atom stereocenters. The summed E-state index contributed by atoms with van der Waals surface area (Å²) in [6.07, 6.45) is 4.06. The molecule has 1 saturated heterocycles. The minimum atomic E-state index is 0.158. The maximum absolute atomic E-state index is 12.7. The first-order valence-corrected chi connectivity index (χ1v) is 12.8. The molecule has 33 heavy (non-hydrogen) atoms. The largest absolute Gasteiger partial charge is 0.353 e. The molecule has 4 aromatic rings. The lowest BCUT2D eigenvalue weighted by Crippen LogP contribution is -2.49. The van der Waals surface area contributed by atoms with Crippen LogP contribution in [-0.4, -0.2) is 62.8 Å². The molecule has 1 saturated carbocycles. The first-order chi connectivity index (χ1) is 16.2. The number of carbonyl (C=O) groups excluding carboxylic acids is 1. The average molecular weight is 479 g/mol. The van der Waals surface area contributed by atoms with E-state index in [0.717, 1.165) is 57.8 Å². The normalized spacial score (nSPS) is 16.5. The van der Waals surface area contributed by atoms with Crippen LogP contribution in [0.4, 0.5) is 5.82 Å². The molecule has 0 bridgehead atoms. The molecule has 1 amide bonds. The molecule has 0 radical (unpaired) electrons. The number of rotatable bonds is 6. The first kappa shape index (κ1) is 20.6. The Balaban J connectivity index is 1.02. The molecule has 0 atom stereocenters. The van der Waals surface area contributed by atoms with E-state index in [1.807, 2.05) is 35.2 Å². The summed E-state index contributed by atoms with van der Waals surface area (Å²) in [6.45, 7) is 2.91. The van der Waals surface area contributed by atoms with Crippen molar-refractivity contribution in [1.82, 2.24) is 25.0 Å². The van der Waals surface area contributed by atoms with Gasteiger partial charge in [-0.05, 0) is 37.1 Å². The van der Waals surface area contributed by atoms with Crippen molar-refractivity contribution < 1.29 is 9.32 Å². The van der Waals surface area contributed by atoms with Crippen LogP contribution in [0.2, 0.25) is 0 Å². The molecule has 2 fully saturated rings. The zero-order valence-electron chi connectivity index (χ0n) is 17.9. The summed E-state index contributed by atoms with van der Waals surface area (Å²) in [4.78, 5) is 30.5. The molecule has 2 aliphatic rings. The maximum atomic E-state index is 12.7. The van der Waals surface area contributed by atoms with Gasteiger partial charge >= 0.3 is 0 Å². The van der Waals surface area contributed by atoms with Crippen LogP contribution in [0, 0.1) is 0 Å². The van der Waals surface area contributed by atoms with Crippen LogP contribution in [0.1, 0.15) is 24.7 Å². The van der Waals surface area contributed by atoms with E-state index in [9.17, 15) is 4.79 Å². The summed E-state index contributed by atoms with van der Waals surface area (Å²) < 4.78 is 7.44. The monoisotopic (exact) mass is 478 g/mol. The Kier molecular flexibility index (Phi) is 5.47. The highest BCUT2D eigenvalue weighted by molar-refractivity contribution is 8.01. The van der Waals surface area contributed by atoms with E-state index in [0.29, 0.717) is 30.6 Å². The van der Waals surface area contributed by atoms with Gasteiger partial charge in [0, 0.05) is 43.9 Å². The van der Waals surface area contributed by atoms with Crippen molar-refractivity contribution in [1.29, 1.82) is 0 Å². The number of anilines is 1. The molecule has 8 nitrogen and oxygen atoms in total. The van der Waals surface area contributed by atoms with Gasteiger partial charge in [0.05, 0.1) is 16.0 Å². The van der Waals surface area contributed by atoms with Crippen molar-refractivity contribution in [3.63, 3.8) is 0 Å². The number of thioether (sulfide) groups is 1. The Bertz CT molecular complexity index is 1240. The standard InChI is InChI=1S/C23H22N6O2S2/c30-20(14-32-23-25-17-3-1-2-4-18(17)33-23)29-11-9-28(10-12-29)19-8-7-16(13-24-19)21-26-22(31-27-21)15-5-6-15/h1-4,7-8,13,15H,5-6,9-12,14H2. The van der Waals surface area contributed by atoms with Crippen LogP contribution < -0.4 is 4.90 Å². The highest BCUT2D eigenvalue weighted by atomic mass is 32.2. The Hall–Kier alpha value is -2.98. The van der Waals surface area contributed by atoms with Crippen LogP contribution in [0.5, 0.6) is 0 Å². The van der Waals surface area contributed by atoms with Crippen molar-refractivity contribution >= 4 is 45.0 Å². The second-order valence-corrected chi connectivity index (χ2v) is 10.5. The van der Waals surface area contributed by atoms with Crippen molar-refractivity contribution in [2.45, 2.75) is 23.1 Å². The fraction of sp³-hybridized carbons (Fsp3) is 0.348. The van der Waals surface area contributed by atoms with E-state index < -0.39 is 0 Å². The van der Waals surface area contributed by atoms with E-state index in [1.165, 1.54) is 11.8 Å². The molecule has 3 aromatic heterocycles. The van der Waals surface area contributed by atoms with Crippen molar-refractivity contribution in [2.75, 3.05) is 36.8 Å². The number of carbonyl (C=O) groups is 1. The SMILES string of the molecule is O=C(CSc1nc2ccccc2s1)N1CCN(c2ccc(-c3noc(C4CC4)n3)cn2)CC1. The fourth-order valence-corrected chi connectivity index (χ4v) is 5.84. The number of aromatic nitrogens is 4. The van der Waals surface area contributed by atoms with Crippen molar-refractivity contribution in [3.05, 3.63) is 48.5 Å². The molecule has 0 N–H and O–H groups in total. The van der Waals surface area contributed by atoms with E-state index in [1.54, 1.807) is 17.5 Å². The minimum Gasteiger partial charge on any atom is -0.353 e. The van der Waals surface area contributed by atoms with Crippen LogP contribution in [-0.2, 0) is 4.79 Å². The van der Waals surface area contributed by atoms with Gasteiger partial charge in [-0.15, -0.1) is 11.3 Å². The quantitative estimate of drug-likeness (QED) is 0.384. The van der Waals surface area contributed by atoms with Gasteiger partial charge in [-0.2, -0.15) is 4.98 Å². The van der Waals surface area contributed by atoms with Crippen LogP contribution in [0.15, 0.2) is 51.5 Å². The lowest BCUT2D eigenvalue weighted by Gasteiger charge is -2.35. The fourth-order valence-electron chi connectivity index (χ4n) is 3.87. The summed E-state index contributed by atoms with van der Waals surface area (Å²) in [6, 6.07) is 12.0. The molecule has 1 aliphatic carbocycles. The zero-order chi connectivity index (χ0) is 22.2. The van der Waals surface area contributed by atoms with Crippen molar-refractivity contribution in [3.8, 4) is 11.4 Å². The van der Waals surface area contributed by atoms with E-state index >= 15 is 0 Å². The predicted octanol–water partition coefficient (Wildman–Crippen LogP) is 4.06. The molecule has 1 aromatic carbocycles. The second kappa shape index (κ2) is 8.75. The third-order valence-corrected chi connectivity index (χ3v) is 8.09. The number of nitrogens with zero attached hydrogens (tertiary/aromatic N) is 6. The lowest BCUT2D eigenvalue weighted by molar-refractivity contribution is -0.128. The van der Waals surface area contributed by atoms with Gasteiger partial charge in [-0.3, -0.25) is 4.79 Å². The smallest absolute Gasteiger partial charge is 0.233 e. The first-order valence-electron chi connectivity index (χ1n) is 11.0. The van der Waals surface area contributed by atoms with Gasteiger partial charge in [0.25, 0.3) is 0 Å². The Labute approximate surface area is 199 Å². The molecule has 4 heterocycles. The van der Waals surface area contributed by atoms with Crippen molar-refractivity contribution in [2.24, 2.45) is 0 Å². The Morgan fingerprint density at radius 1 is 1.09 bits per heavy atom. The average Bonchev–Trinajstić information content (AvgIpc) is 3.44. The minimum absolute atomic E-state index is 0.158. The number of pyridine rings is 1. The molecule has 0 spiro atoms. The number of benzene rings is 1. The third-order valence-electron chi connectivity index (χ3n) is 5.92. The van der Waals surface area contributed by atoms with E-state index in [-0.39, 0.29) is 5.91 Å². The topological polar surface area (TPSA) is 88.3 Å². The molecule has 6 rings (SSSR count). The predicted molar refractivity (Wildman–Crippen MR) is 129 cm³/mol. The maximum Gasteiger partial charge on any atom is 0.233 e. The summed E-state index contributed by atoms with van der Waals surface area (Å²) in [5, 5.41) is 4.08. The summed E-state index contributed by atoms with van der Waals surface area (Å²) in [5.41, 5.74) is 1.85. The highest BCUT2D eigenvalue weighted by Crippen LogP contribution is 2.39. The number of thiazole rings is 1. The zero-order valence-corrected chi connectivity index (χ0v) is 19.5. The van der Waals surface area contributed by atoms with Gasteiger partial charge in [0.1, 0.15) is 5.82 Å². The van der Waals surface area contributed by atoms with Gasteiger partial charge < -0.3 is 14.3 Å². The number of amides is 1. The summed E-state index contributed by atoms with van der Waals surface area (Å²) >= 11 is 3.16. The van der Waals surface area contributed by atoms with Gasteiger partial charge in [-0.1, -0.05) is 29.1 Å². The lowest BCUT2D eigenvalue weighted by atomic mass is 10.2. The summed E-state index contributed by atoms with van der Waals surface area (Å²) in [7, 11) is 0. The van der Waals surface area contributed by atoms with E-state index in [4.69, 9.17) is 4.52 Å². The van der Waals surface area contributed by atoms with Crippen LogP contribution >= 0.6 is 23.1 Å². The molecular formula is C23H22N6O2S2. The van der Waals surface area contributed by atoms with Crippen LogP contribution in [0.25, 0.3) is 21.6 Å². The third kappa shape index (κ3) is 4.45. The highest BCUT2D eigenvalue weighted by Gasteiger charge is 2.30. The van der Waals surface area contributed by atoms with Crippen LogP contribution in [0.3, 0.4) is 0 Å². The Morgan fingerprint density at radius 2 is 1.94 bits per heavy atom. The number of fused-ring (bicyclic) bond motifs is 1. The number of piperazine rings is 1. The molecule has 1 aliphatic heterocycles. The number of hydrogen-bond acceptors (Lipinski definition) is 9. The number of hydrogen-bond donors (Lipinski definition) is 0.